The van der Waals surface area contributed by atoms with E-state index in [9.17, 15) is 9.59 Å². The van der Waals surface area contributed by atoms with Crippen LogP contribution < -0.4 is 22.1 Å². The van der Waals surface area contributed by atoms with Gasteiger partial charge in [-0.3, -0.25) is 19.6 Å². The number of rotatable bonds is 6. The molecular weight excluding hydrogens is 442 g/mol. The summed E-state index contributed by atoms with van der Waals surface area (Å²) in [6, 6.07) is 7.75. The first kappa shape index (κ1) is 22.5. The monoisotopic (exact) mass is 469 g/mol. The summed E-state index contributed by atoms with van der Waals surface area (Å²) < 4.78 is 0. The van der Waals surface area contributed by atoms with Crippen LogP contribution in [0.25, 0.3) is 21.9 Å². The summed E-state index contributed by atoms with van der Waals surface area (Å²) in [7, 11) is 0. The predicted octanol–water partition coefficient (Wildman–Crippen LogP) is 2.71. The van der Waals surface area contributed by atoms with Gasteiger partial charge in [0.05, 0.1) is 6.04 Å². The van der Waals surface area contributed by atoms with Crippen LogP contribution in [0.5, 0.6) is 0 Å². The predicted molar refractivity (Wildman–Crippen MR) is 137 cm³/mol. The number of aliphatic imine (C=N–C) groups is 1. The van der Waals surface area contributed by atoms with Crippen LogP contribution >= 0.6 is 0 Å². The van der Waals surface area contributed by atoms with Crippen molar-refractivity contribution >= 4 is 40.3 Å². The van der Waals surface area contributed by atoms with Crippen molar-refractivity contribution in [1.82, 2.24) is 15.3 Å². The van der Waals surface area contributed by atoms with Crippen molar-refractivity contribution in [3.8, 4) is 11.1 Å². The summed E-state index contributed by atoms with van der Waals surface area (Å²) in [6.07, 6.45) is 11.4. The summed E-state index contributed by atoms with van der Waals surface area (Å²) >= 11 is 0. The van der Waals surface area contributed by atoms with E-state index in [1.165, 1.54) is 6.20 Å². The maximum absolute atomic E-state index is 12.5. The summed E-state index contributed by atoms with van der Waals surface area (Å²) in [5.41, 5.74) is 16.4. The molecule has 2 atom stereocenters. The van der Waals surface area contributed by atoms with E-state index in [1.54, 1.807) is 30.9 Å². The van der Waals surface area contributed by atoms with Crippen LogP contribution in [0.15, 0.2) is 59.6 Å². The third-order valence-corrected chi connectivity index (χ3v) is 6.38. The van der Waals surface area contributed by atoms with Crippen LogP contribution in [-0.4, -0.2) is 40.1 Å². The number of nitrogens with two attached hydrogens (primary N) is 2. The highest BCUT2D eigenvalue weighted by molar-refractivity contribution is 6.39. The van der Waals surface area contributed by atoms with Crippen molar-refractivity contribution in [2.24, 2.45) is 16.6 Å². The van der Waals surface area contributed by atoms with Crippen molar-refractivity contribution < 1.29 is 9.59 Å². The quantitative estimate of drug-likeness (QED) is 0.248. The Morgan fingerprint density at radius 2 is 2.00 bits per heavy atom. The van der Waals surface area contributed by atoms with Gasteiger partial charge in [-0.1, -0.05) is 0 Å². The zero-order valence-corrected chi connectivity index (χ0v) is 19.4. The molecule has 2 aromatic heterocycles. The van der Waals surface area contributed by atoms with Crippen LogP contribution in [-0.2, 0) is 9.59 Å². The van der Waals surface area contributed by atoms with Gasteiger partial charge in [0, 0.05) is 53.4 Å². The molecule has 2 aliphatic carbocycles. The Kier molecular flexibility index (Phi) is 5.90. The summed E-state index contributed by atoms with van der Waals surface area (Å²) in [5, 5.41) is 6.90. The minimum atomic E-state index is -0.778. The Bertz CT molecular complexity index is 1380. The molecule has 6 N–H and O–H groups in total. The number of fused-ring (bicyclic) bond motifs is 1. The average Bonchev–Trinajstić information content (AvgIpc) is 3.77. The van der Waals surface area contributed by atoms with Gasteiger partial charge in [-0.15, -0.1) is 0 Å². The molecule has 35 heavy (non-hydrogen) atoms. The van der Waals surface area contributed by atoms with Gasteiger partial charge >= 0.3 is 11.8 Å². The molecule has 2 heterocycles. The number of benzene rings is 1. The molecule has 2 saturated carbocycles. The van der Waals surface area contributed by atoms with E-state index < -0.39 is 11.8 Å². The minimum Gasteiger partial charge on any atom is -0.404 e. The number of pyridine rings is 2. The molecule has 0 radical (unpaired) electrons. The summed E-state index contributed by atoms with van der Waals surface area (Å²) in [5.74, 6) is -1.15. The van der Waals surface area contributed by atoms with Crippen LogP contribution in [0.3, 0.4) is 0 Å². The maximum Gasteiger partial charge on any atom is 0.314 e. The Labute approximate surface area is 202 Å². The van der Waals surface area contributed by atoms with Crippen molar-refractivity contribution in [1.29, 1.82) is 0 Å². The van der Waals surface area contributed by atoms with Gasteiger partial charge in [-0.25, -0.2) is 4.98 Å². The number of anilines is 2. The molecule has 0 bridgehead atoms. The van der Waals surface area contributed by atoms with Gasteiger partial charge in [0.1, 0.15) is 5.82 Å². The topological polar surface area (TPSA) is 148 Å². The van der Waals surface area contributed by atoms with Crippen LogP contribution in [0.2, 0.25) is 0 Å². The zero-order valence-electron chi connectivity index (χ0n) is 19.4. The van der Waals surface area contributed by atoms with E-state index in [0.717, 1.165) is 52.3 Å². The highest BCUT2D eigenvalue weighted by Crippen LogP contribution is 2.37. The number of carbonyl (C=O) groups excluding carboxylic acids is 2. The standard InChI is InChI=1S/C26H27N7O2/c1-14-4-5-29-12-20(14)15-6-16-8-24(31-13-21(16)22(28)7-15)33-26(35)25(34)32-23-9-19(23)17(10-27)11-30-18-2-3-18/h4-8,10-13,18-19,23H,2-3,9,27-28H2,1H3,(H,32,34)(H,31,33,35)/t19-,23?/m1/s1. The fourth-order valence-corrected chi connectivity index (χ4v) is 4.08. The number of nitrogen functional groups attached to an aromatic ring is 1. The lowest BCUT2D eigenvalue weighted by atomic mass is 9.99. The zero-order chi connectivity index (χ0) is 24.5. The number of hydrogen-bond acceptors (Lipinski definition) is 7. The number of aromatic nitrogens is 2. The van der Waals surface area contributed by atoms with Crippen molar-refractivity contribution in [3.05, 3.63) is 60.2 Å². The lowest BCUT2D eigenvalue weighted by Gasteiger charge is -2.11. The van der Waals surface area contributed by atoms with Gasteiger partial charge in [0.2, 0.25) is 0 Å². The second-order valence-corrected chi connectivity index (χ2v) is 9.10. The Morgan fingerprint density at radius 3 is 2.74 bits per heavy atom. The second-order valence-electron chi connectivity index (χ2n) is 9.10. The van der Waals surface area contributed by atoms with Gasteiger partial charge in [-0.05, 0) is 78.7 Å². The summed E-state index contributed by atoms with van der Waals surface area (Å²) in [6.45, 7) is 2.00. The first-order valence-corrected chi connectivity index (χ1v) is 11.6. The second kappa shape index (κ2) is 9.17. The van der Waals surface area contributed by atoms with Gasteiger partial charge in [0.25, 0.3) is 0 Å². The Morgan fingerprint density at radius 1 is 1.17 bits per heavy atom. The number of carbonyl (C=O) groups is 2. The lowest BCUT2D eigenvalue weighted by Crippen LogP contribution is -2.37. The fourth-order valence-electron chi connectivity index (χ4n) is 4.08. The summed E-state index contributed by atoms with van der Waals surface area (Å²) in [4.78, 5) is 37.9. The van der Waals surface area contributed by atoms with E-state index in [1.807, 2.05) is 25.1 Å². The molecule has 0 saturated heterocycles. The molecule has 1 unspecified atom stereocenters. The Hall–Kier alpha value is -4.27. The SMILES string of the molecule is Cc1ccncc1-c1cc(N)c2cnc(NC(=O)C(=O)NC3C[C@@H]3C(C=NC3CC3)=CN)cc2c1. The van der Waals surface area contributed by atoms with E-state index in [4.69, 9.17) is 11.5 Å². The first-order chi connectivity index (χ1) is 16.9. The van der Waals surface area contributed by atoms with Crippen LogP contribution in [0, 0.1) is 12.8 Å². The molecule has 0 aliphatic heterocycles. The van der Waals surface area contributed by atoms with Gasteiger partial charge < -0.3 is 22.1 Å². The molecule has 2 fully saturated rings. The molecule has 178 valence electrons. The lowest BCUT2D eigenvalue weighted by molar-refractivity contribution is -0.136. The molecule has 5 rings (SSSR count). The minimum absolute atomic E-state index is 0.0790. The van der Waals surface area contributed by atoms with E-state index in [2.05, 4.69) is 25.6 Å². The van der Waals surface area contributed by atoms with Crippen LogP contribution in [0.1, 0.15) is 24.8 Å². The normalized spacial score (nSPS) is 19.6. The highest BCUT2D eigenvalue weighted by atomic mass is 16.2. The molecular formula is C26H27N7O2. The third kappa shape index (κ3) is 4.98. The highest BCUT2D eigenvalue weighted by Gasteiger charge is 2.41. The molecule has 1 aromatic carbocycles. The van der Waals surface area contributed by atoms with Crippen molar-refractivity contribution in [2.45, 2.75) is 38.3 Å². The average molecular weight is 470 g/mol. The largest absolute Gasteiger partial charge is 0.404 e. The number of nitrogens with zero attached hydrogens (tertiary/aromatic N) is 3. The van der Waals surface area contributed by atoms with Gasteiger partial charge in [-0.2, -0.15) is 0 Å². The number of hydrogen-bond donors (Lipinski definition) is 4. The number of aryl methyl sites for hydroxylation is 1. The molecule has 2 amide bonds. The smallest absolute Gasteiger partial charge is 0.314 e. The first-order valence-electron chi connectivity index (χ1n) is 11.6. The fraction of sp³-hybridized carbons (Fsp3) is 0.269. The third-order valence-electron chi connectivity index (χ3n) is 6.38. The molecule has 2 aliphatic rings. The Balaban J connectivity index is 1.26. The number of nitrogens with one attached hydrogen (secondary N) is 2. The molecule has 3 aromatic rings. The van der Waals surface area contributed by atoms with Crippen molar-refractivity contribution in [2.75, 3.05) is 11.1 Å². The van der Waals surface area contributed by atoms with E-state index >= 15 is 0 Å². The van der Waals surface area contributed by atoms with E-state index in [0.29, 0.717) is 11.7 Å². The van der Waals surface area contributed by atoms with Crippen LogP contribution in [0.4, 0.5) is 11.5 Å². The number of amides is 2. The van der Waals surface area contributed by atoms with Crippen molar-refractivity contribution in [3.63, 3.8) is 0 Å². The van der Waals surface area contributed by atoms with E-state index in [-0.39, 0.29) is 17.8 Å². The molecule has 9 heteroatoms. The maximum atomic E-state index is 12.5. The van der Waals surface area contributed by atoms with Gasteiger partial charge in [0.15, 0.2) is 0 Å². The molecule has 0 spiro atoms. The molecule has 9 nitrogen and oxygen atoms in total.